The van der Waals surface area contributed by atoms with Crippen molar-refractivity contribution in [1.29, 1.82) is 0 Å². The number of carbonyl (C=O) groups is 1. The molecule has 0 amide bonds. The minimum Gasteiger partial charge on any atom is -0.494 e. The molecule has 1 heterocycles. The third kappa shape index (κ3) is 2.22. The van der Waals surface area contributed by atoms with Gasteiger partial charge < -0.3 is 19.1 Å². The molecule has 0 aliphatic rings. The Morgan fingerprint density at radius 1 is 1.37 bits per heavy atom. The molecule has 0 bridgehead atoms. The monoisotopic (exact) mass is 267 g/mol. The Bertz CT molecular complexity index is 623. The zero-order chi connectivity index (χ0) is 14.0. The van der Waals surface area contributed by atoms with Crippen LogP contribution in [0.1, 0.15) is 10.5 Å². The number of carboxylic acid groups (broad SMARTS) is 1. The van der Waals surface area contributed by atoms with Crippen LogP contribution in [0, 0.1) is 5.82 Å². The van der Waals surface area contributed by atoms with Crippen LogP contribution in [-0.4, -0.2) is 30.5 Å². The molecule has 1 N–H and O–H groups in total. The van der Waals surface area contributed by atoms with Gasteiger partial charge in [-0.05, 0) is 12.1 Å². The number of carboxylic acids is 1. The van der Waals surface area contributed by atoms with E-state index in [0.717, 1.165) is 0 Å². The molecule has 0 spiro atoms. The summed E-state index contributed by atoms with van der Waals surface area (Å²) < 4.78 is 28.6. The lowest BCUT2D eigenvalue weighted by Crippen LogP contribution is -1.96. The molecule has 0 radical (unpaired) electrons. The zero-order valence-electron chi connectivity index (χ0n) is 10.1. The molecule has 2 rings (SSSR count). The van der Waals surface area contributed by atoms with Crippen LogP contribution in [-0.2, 0) is 0 Å². The molecule has 1 aromatic carbocycles. The van der Waals surface area contributed by atoms with E-state index in [-0.39, 0.29) is 28.5 Å². The third-order valence-corrected chi connectivity index (χ3v) is 2.48. The van der Waals surface area contributed by atoms with Gasteiger partial charge in [0.15, 0.2) is 23.0 Å². The largest absolute Gasteiger partial charge is 0.494 e. The molecular weight excluding hydrogens is 257 g/mol. The number of rotatable bonds is 4. The van der Waals surface area contributed by atoms with Crippen molar-refractivity contribution >= 4 is 5.97 Å². The highest BCUT2D eigenvalue weighted by Crippen LogP contribution is 2.37. The highest BCUT2D eigenvalue weighted by atomic mass is 19.1. The predicted molar refractivity (Wildman–Crippen MR) is 62.0 cm³/mol. The van der Waals surface area contributed by atoms with E-state index in [4.69, 9.17) is 19.1 Å². The van der Waals surface area contributed by atoms with E-state index >= 15 is 0 Å². The fourth-order valence-corrected chi connectivity index (χ4v) is 1.59. The first kappa shape index (κ1) is 12.9. The number of aromatic carboxylic acids is 1. The van der Waals surface area contributed by atoms with Gasteiger partial charge in [-0.15, -0.1) is 0 Å². The Balaban J connectivity index is 2.55. The molecule has 0 aliphatic heterocycles. The number of ether oxygens (including phenoxy) is 2. The Morgan fingerprint density at radius 2 is 2.11 bits per heavy atom. The molecule has 2 aromatic rings. The fourth-order valence-electron chi connectivity index (χ4n) is 1.59. The number of methoxy groups -OCH3 is 2. The van der Waals surface area contributed by atoms with E-state index in [1.807, 2.05) is 0 Å². The molecule has 0 fully saturated rings. The summed E-state index contributed by atoms with van der Waals surface area (Å²) in [6, 6.07) is 4.06. The number of halogens is 1. The van der Waals surface area contributed by atoms with Gasteiger partial charge in [0, 0.05) is 6.07 Å². The fraction of sp³-hybridized carbons (Fsp3) is 0.167. The van der Waals surface area contributed by atoms with Gasteiger partial charge in [0.1, 0.15) is 0 Å². The van der Waals surface area contributed by atoms with Crippen molar-refractivity contribution < 1.29 is 28.3 Å². The number of hydrogen-bond donors (Lipinski definition) is 1. The molecule has 1 aromatic heterocycles. The van der Waals surface area contributed by atoms with Crippen LogP contribution < -0.4 is 9.47 Å². The molecule has 7 heteroatoms. The maximum Gasteiger partial charge on any atom is 0.358 e. The van der Waals surface area contributed by atoms with Crippen LogP contribution >= 0.6 is 0 Å². The van der Waals surface area contributed by atoms with E-state index < -0.39 is 11.8 Å². The topological polar surface area (TPSA) is 81.8 Å². The summed E-state index contributed by atoms with van der Waals surface area (Å²) in [7, 11) is 2.62. The molecule has 0 aliphatic carbocycles. The Labute approximate surface area is 107 Å². The number of benzene rings is 1. The van der Waals surface area contributed by atoms with Crippen LogP contribution in [0.4, 0.5) is 4.39 Å². The molecule has 100 valence electrons. The first-order chi connectivity index (χ1) is 9.08. The predicted octanol–water partition coefficient (Wildman–Crippen LogP) is 2.20. The van der Waals surface area contributed by atoms with Crippen LogP contribution in [0.5, 0.6) is 11.5 Å². The van der Waals surface area contributed by atoms with Crippen molar-refractivity contribution in [2.75, 3.05) is 14.2 Å². The number of nitrogens with zero attached hydrogens (tertiary/aromatic N) is 1. The van der Waals surface area contributed by atoms with E-state index in [0.29, 0.717) is 0 Å². The number of hydrogen-bond acceptors (Lipinski definition) is 5. The van der Waals surface area contributed by atoms with Gasteiger partial charge in [0.25, 0.3) is 0 Å². The second kappa shape index (κ2) is 4.97. The summed E-state index contributed by atoms with van der Waals surface area (Å²) >= 11 is 0. The molecule has 0 atom stereocenters. The summed E-state index contributed by atoms with van der Waals surface area (Å²) in [6.45, 7) is 0. The third-order valence-electron chi connectivity index (χ3n) is 2.48. The van der Waals surface area contributed by atoms with Crippen molar-refractivity contribution in [2.24, 2.45) is 0 Å². The van der Waals surface area contributed by atoms with Gasteiger partial charge in [-0.1, -0.05) is 5.16 Å². The molecule has 0 unspecified atom stereocenters. The first-order valence-corrected chi connectivity index (χ1v) is 5.19. The highest BCUT2D eigenvalue weighted by molar-refractivity contribution is 5.86. The van der Waals surface area contributed by atoms with E-state index in [9.17, 15) is 9.18 Å². The minimum absolute atomic E-state index is 0.0126. The number of aromatic nitrogens is 1. The lowest BCUT2D eigenvalue weighted by molar-refractivity contribution is 0.0686. The van der Waals surface area contributed by atoms with Crippen molar-refractivity contribution in [3.05, 3.63) is 29.7 Å². The second-order valence-electron chi connectivity index (χ2n) is 3.54. The average molecular weight is 267 g/mol. The Hall–Kier alpha value is -2.57. The SMILES string of the molecule is COc1ccc(-c2cc(C(=O)O)no2)c(OC)c1F. The Morgan fingerprint density at radius 3 is 2.63 bits per heavy atom. The van der Waals surface area contributed by atoms with Crippen molar-refractivity contribution in [1.82, 2.24) is 5.16 Å². The van der Waals surface area contributed by atoms with Crippen molar-refractivity contribution in [3.63, 3.8) is 0 Å². The summed E-state index contributed by atoms with van der Waals surface area (Å²) in [6.07, 6.45) is 0. The van der Waals surface area contributed by atoms with Gasteiger partial charge in [0.05, 0.1) is 19.8 Å². The minimum atomic E-state index is -1.23. The van der Waals surface area contributed by atoms with Crippen LogP contribution in [0.3, 0.4) is 0 Å². The maximum absolute atomic E-state index is 14.0. The van der Waals surface area contributed by atoms with Crippen molar-refractivity contribution in [2.45, 2.75) is 0 Å². The normalized spacial score (nSPS) is 10.3. The quantitative estimate of drug-likeness (QED) is 0.914. The van der Waals surface area contributed by atoms with E-state index in [2.05, 4.69) is 5.16 Å². The van der Waals surface area contributed by atoms with Crippen LogP contribution in [0.25, 0.3) is 11.3 Å². The summed E-state index contributed by atoms with van der Waals surface area (Å²) in [5.74, 6) is -1.93. The summed E-state index contributed by atoms with van der Waals surface area (Å²) in [5, 5.41) is 12.1. The molecule has 0 saturated carbocycles. The van der Waals surface area contributed by atoms with Crippen LogP contribution in [0.15, 0.2) is 22.7 Å². The highest BCUT2D eigenvalue weighted by Gasteiger charge is 2.20. The van der Waals surface area contributed by atoms with Gasteiger partial charge in [0.2, 0.25) is 5.82 Å². The van der Waals surface area contributed by atoms with E-state index in [1.54, 1.807) is 0 Å². The smallest absolute Gasteiger partial charge is 0.358 e. The van der Waals surface area contributed by atoms with Gasteiger partial charge in [-0.25, -0.2) is 4.79 Å². The molecule has 19 heavy (non-hydrogen) atoms. The van der Waals surface area contributed by atoms with Gasteiger partial charge >= 0.3 is 5.97 Å². The average Bonchev–Trinajstić information content (AvgIpc) is 2.87. The maximum atomic E-state index is 14.0. The lowest BCUT2D eigenvalue weighted by Gasteiger charge is -2.09. The lowest BCUT2D eigenvalue weighted by atomic mass is 10.1. The first-order valence-electron chi connectivity index (χ1n) is 5.19. The standard InChI is InChI=1S/C12H10FNO5/c1-17-8-4-3-6(11(18-2)10(8)13)9-5-7(12(15)16)14-19-9/h3-5H,1-2H3,(H,15,16). The van der Waals surface area contributed by atoms with Crippen LogP contribution in [0.2, 0.25) is 0 Å². The van der Waals surface area contributed by atoms with Crippen molar-refractivity contribution in [3.8, 4) is 22.8 Å². The van der Waals surface area contributed by atoms with Gasteiger partial charge in [-0.2, -0.15) is 4.39 Å². The van der Waals surface area contributed by atoms with E-state index in [1.165, 1.54) is 32.4 Å². The second-order valence-corrected chi connectivity index (χ2v) is 3.54. The zero-order valence-corrected chi connectivity index (χ0v) is 10.1. The Kier molecular flexibility index (Phi) is 3.37. The molecule has 6 nitrogen and oxygen atoms in total. The molecule has 0 saturated heterocycles. The summed E-state index contributed by atoms with van der Waals surface area (Å²) in [4.78, 5) is 10.7. The molecular formula is C12H10FNO5. The summed E-state index contributed by atoms with van der Waals surface area (Å²) in [5.41, 5.74) is -0.0194. The van der Waals surface area contributed by atoms with Gasteiger partial charge in [-0.3, -0.25) is 0 Å².